The number of benzene rings is 3. The lowest BCUT2D eigenvalue weighted by molar-refractivity contribution is -0.0319. The molecule has 1 fully saturated rings. The van der Waals surface area contributed by atoms with Crippen LogP contribution in [0.25, 0.3) is 0 Å². The van der Waals surface area contributed by atoms with E-state index >= 15 is 0 Å². The molecule has 1 unspecified atom stereocenters. The molecule has 1 heterocycles. The molecular formula is C25H27NOS. The van der Waals surface area contributed by atoms with Crippen molar-refractivity contribution in [3.05, 3.63) is 102 Å². The van der Waals surface area contributed by atoms with Gasteiger partial charge < -0.3 is 4.74 Å². The zero-order valence-electron chi connectivity index (χ0n) is 16.3. The monoisotopic (exact) mass is 389 g/mol. The Morgan fingerprint density at radius 2 is 1.61 bits per heavy atom. The predicted octanol–water partition coefficient (Wildman–Crippen LogP) is 5.73. The number of hydrogen-bond donors (Lipinski definition) is 0. The summed E-state index contributed by atoms with van der Waals surface area (Å²) < 4.78 is 6.31. The van der Waals surface area contributed by atoms with Gasteiger partial charge in [0, 0.05) is 24.5 Å². The molecule has 1 aliphatic heterocycles. The highest BCUT2D eigenvalue weighted by molar-refractivity contribution is 7.99. The molecule has 0 amide bonds. The van der Waals surface area contributed by atoms with E-state index in [1.807, 2.05) is 11.8 Å². The molecule has 144 valence electrons. The van der Waals surface area contributed by atoms with Crippen LogP contribution in [-0.2, 0) is 11.3 Å². The first-order chi connectivity index (χ1) is 13.8. The van der Waals surface area contributed by atoms with Crippen LogP contribution in [0.1, 0.15) is 21.9 Å². The Hall–Kier alpha value is -2.07. The molecular weight excluding hydrogens is 362 g/mol. The van der Waals surface area contributed by atoms with Gasteiger partial charge >= 0.3 is 0 Å². The third kappa shape index (κ3) is 4.85. The summed E-state index contributed by atoms with van der Waals surface area (Å²) in [4.78, 5) is 3.86. The second-order valence-electron chi connectivity index (χ2n) is 7.34. The quantitative estimate of drug-likeness (QED) is 0.500. The van der Waals surface area contributed by atoms with Gasteiger partial charge in [0.2, 0.25) is 0 Å². The van der Waals surface area contributed by atoms with Gasteiger partial charge in [0.25, 0.3) is 0 Å². The number of thioether (sulfide) groups is 1. The highest BCUT2D eigenvalue weighted by atomic mass is 32.2. The fourth-order valence-corrected chi connectivity index (χ4v) is 5.02. The van der Waals surface area contributed by atoms with Gasteiger partial charge in [-0.2, -0.15) is 0 Å². The summed E-state index contributed by atoms with van der Waals surface area (Å²) in [5.74, 6) is 0. The van der Waals surface area contributed by atoms with Crippen LogP contribution >= 0.6 is 11.8 Å². The van der Waals surface area contributed by atoms with Gasteiger partial charge in [-0.1, -0.05) is 78.9 Å². The minimum Gasteiger partial charge on any atom is -0.374 e. The molecule has 28 heavy (non-hydrogen) atoms. The van der Waals surface area contributed by atoms with Crippen LogP contribution in [0, 0.1) is 6.92 Å². The van der Waals surface area contributed by atoms with Crippen LogP contribution in [0.15, 0.2) is 89.8 Å². The second-order valence-corrected chi connectivity index (χ2v) is 8.53. The van der Waals surface area contributed by atoms with Crippen molar-refractivity contribution in [1.82, 2.24) is 4.90 Å². The molecule has 2 atom stereocenters. The van der Waals surface area contributed by atoms with E-state index in [-0.39, 0.29) is 11.4 Å². The Morgan fingerprint density at radius 3 is 2.36 bits per heavy atom. The smallest absolute Gasteiger partial charge is 0.0865 e. The number of nitrogens with zero attached hydrogens (tertiary/aromatic N) is 1. The topological polar surface area (TPSA) is 12.5 Å². The summed E-state index contributed by atoms with van der Waals surface area (Å²) in [6.45, 7) is 5.90. The van der Waals surface area contributed by atoms with Crippen LogP contribution in [0.4, 0.5) is 0 Å². The zero-order chi connectivity index (χ0) is 19.2. The second kappa shape index (κ2) is 9.42. The minimum atomic E-state index is 0.171. The van der Waals surface area contributed by atoms with Gasteiger partial charge in [-0.15, -0.1) is 11.8 Å². The minimum absolute atomic E-state index is 0.171. The molecule has 1 aliphatic rings. The van der Waals surface area contributed by atoms with Gasteiger partial charge in [-0.25, -0.2) is 0 Å². The molecule has 2 nitrogen and oxygen atoms in total. The lowest BCUT2D eigenvalue weighted by atomic mass is 10.1. The molecule has 0 aliphatic carbocycles. The Balaban J connectivity index is 1.54. The van der Waals surface area contributed by atoms with E-state index in [0.29, 0.717) is 0 Å². The normalized spacial score (nSPS) is 18.7. The van der Waals surface area contributed by atoms with Crippen molar-refractivity contribution in [3.63, 3.8) is 0 Å². The van der Waals surface area contributed by atoms with E-state index in [4.69, 9.17) is 4.74 Å². The van der Waals surface area contributed by atoms with Crippen molar-refractivity contribution < 1.29 is 4.74 Å². The summed E-state index contributed by atoms with van der Waals surface area (Å²) in [6, 6.07) is 30.2. The summed E-state index contributed by atoms with van der Waals surface area (Å²) in [5, 5.41) is 0.279. The molecule has 3 aromatic rings. The maximum Gasteiger partial charge on any atom is 0.0865 e. The lowest BCUT2D eigenvalue weighted by Gasteiger charge is -2.37. The average molecular weight is 390 g/mol. The Labute approximate surface area is 172 Å². The molecule has 0 saturated carbocycles. The Morgan fingerprint density at radius 1 is 0.929 bits per heavy atom. The standard InChI is InChI=1S/C25H27NOS/c1-20-10-8-9-15-24(20)28-25(22-13-6-3-7-14-22)23-19-26(16-17-27-23)18-21-11-4-2-5-12-21/h2-15,23,25H,16-19H2,1H3/t23-,25?/m0/s1. The third-order valence-electron chi connectivity index (χ3n) is 5.24. The number of aryl methyl sites for hydroxylation is 1. The molecule has 3 aromatic carbocycles. The SMILES string of the molecule is Cc1ccccc1SC(c1ccccc1)[C@@H]1CN(Cc2ccccc2)CCO1. The molecule has 0 spiro atoms. The van der Waals surface area contributed by atoms with E-state index in [0.717, 1.165) is 26.2 Å². The number of ether oxygens (including phenoxy) is 1. The number of morpholine rings is 1. The van der Waals surface area contributed by atoms with Gasteiger partial charge in [0.15, 0.2) is 0 Å². The summed E-state index contributed by atoms with van der Waals surface area (Å²) in [6.07, 6.45) is 0.171. The first-order valence-electron chi connectivity index (χ1n) is 9.95. The summed E-state index contributed by atoms with van der Waals surface area (Å²) in [7, 11) is 0. The van der Waals surface area contributed by atoms with Gasteiger partial charge in [-0.05, 0) is 29.7 Å². The van der Waals surface area contributed by atoms with E-state index in [2.05, 4.69) is 96.8 Å². The van der Waals surface area contributed by atoms with Crippen LogP contribution in [0.2, 0.25) is 0 Å². The van der Waals surface area contributed by atoms with Crippen molar-refractivity contribution >= 4 is 11.8 Å². The van der Waals surface area contributed by atoms with E-state index in [1.54, 1.807) is 0 Å². The largest absolute Gasteiger partial charge is 0.374 e. The molecule has 0 N–H and O–H groups in total. The van der Waals surface area contributed by atoms with E-state index in [9.17, 15) is 0 Å². The van der Waals surface area contributed by atoms with E-state index in [1.165, 1.54) is 21.6 Å². The molecule has 0 aromatic heterocycles. The lowest BCUT2D eigenvalue weighted by Crippen LogP contribution is -2.44. The van der Waals surface area contributed by atoms with Crippen molar-refractivity contribution in [2.45, 2.75) is 29.7 Å². The molecule has 0 radical (unpaired) electrons. The van der Waals surface area contributed by atoms with Crippen molar-refractivity contribution in [1.29, 1.82) is 0 Å². The van der Waals surface area contributed by atoms with Crippen molar-refractivity contribution in [2.75, 3.05) is 19.7 Å². The Bertz CT molecular complexity index is 868. The van der Waals surface area contributed by atoms with Gasteiger partial charge in [0.1, 0.15) is 0 Å². The molecule has 4 rings (SSSR count). The highest BCUT2D eigenvalue weighted by Gasteiger charge is 2.30. The number of hydrogen-bond acceptors (Lipinski definition) is 3. The van der Waals surface area contributed by atoms with Crippen LogP contribution in [0.3, 0.4) is 0 Å². The van der Waals surface area contributed by atoms with Crippen LogP contribution < -0.4 is 0 Å². The fourth-order valence-electron chi connectivity index (χ4n) is 3.73. The molecule has 0 bridgehead atoms. The maximum atomic E-state index is 6.31. The van der Waals surface area contributed by atoms with E-state index < -0.39 is 0 Å². The molecule has 3 heteroatoms. The maximum absolute atomic E-state index is 6.31. The van der Waals surface area contributed by atoms with Crippen molar-refractivity contribution in [3.8, 4) is 0 Å². The predicted molar refractivity (Wildman–Crippen MR) is 118 cm³/mol. The van der Waals surface area contributed by atoms with Gasteiger partial charge in [-0.3, -0.25) is 4.90 Å². The van der Waals surface area contributed by atoms with Gasteiger partial charge in [0.05, 0.1) is 18.0 Å². The first kappa shape index (κ1) is 19.3. The zero-order valence-corrected chi connectivity index (χ0v) is 17.1. The summed E-state index contributed by atoms with van der Waals surface area (Å²) >= 11 is 1.93. The first-order valence-corrected chi connectivity index (χ1v) is 10.8. The third-order valence-corrected chi connectivity index (χ3v) is 6.78. The van der Waals surface area contributed by atoms with Crippen molar-refractivity contribution in [2.24, 2.45) is 0 Å². The summed E-state index contributed by atoms with van der Waals surface area (Å²) in [5.41, 5.74) is 4.03. The highest BCUT2D eigenvalue weighted by Crippen LogP contribution is 2.41. The number of rotatable bonds is 6. The van der Waals surface area contributed by atoms with Crippen LogP contribution in [0.5, 0.6) is 0 Å². The average Bonchev–Trinajstić information content (AvgIpc) is 2.75. The Kier molecular flexibility index (Phi) is 6.48. The van der Waals surface area contributed by atoms with Crippen LogP contribution in [-0.4, -0.2) is 30.7 Å². The fraction of sp³-hybridized carbons (Fsp3) is 0.280. The molecule has 1 saturated heterocycles.